The minimum Gasteiger partial charge on any atom is -0.390 e. The van der Waals surface area contributed by atoms with E-state index in [2.05, 4.69) is 10.3 Å². The van der Waals surface area contributed by atoms with Gasteiger partial charge in [0, 0.05) is 18.0 Å². The maximum Gasteiger partial charge on any atom is 0.416 e. The smallest absolute Gasteiger partial charge is 0.390 e. The average molecular weight is 460 g/mol. The lowest BCUT2D eigenvalue weighted by atomic mass is 9.73. The standard InChI is InChI=1S/C21H18F6N2O3/c1-9-5-12(21(25,26)27)7-15(28-9)29-19(31)17-14-8-13(30)18(32-14)16(17)10-3-2-4-11(6-10)20(22,23)24/h2-7,13-14,16-18,30H,8H2,1H3,(H,28,29,31)/t13-,14+,16+,17-,18-/m0/s1. The molecule has 172 valence electrons. The molecule has 0 unspecified atom stereocenters. The van der Waals surface area contributed by atoms with Crippen molar-refractivity contribution in [2.24, 2.45) is 5.92 Å². The van der Waals surface area contributed by atoms with Gasteiger partial charge < -0.3 is 15.2 Å². The molecule has 0 saturated carbocycles. The molecule has 2 N–H and O–H groups in total. The molecule has 0 spiro atoms. The Morgan fingerprint density at radius 1 is 1.09 bits per heavy atom. The molecule has 5 nitrogen and oxygen atoms in total. The van der Waals surface area contributed by atoms with Gasteiger partial charge in [-0.1, -0.05) is 18.2 Å². The van der Waals surface area contributed by atoms with E-state index in [0.29, 0.717) is 6.07 Å². The maximum atomic E-state index is 13.2. The fourth-order valence-corrected chi connectivity index (χ4v) is 4.47. The SMILES string of the molecule is Cc1cc(C(F)(F)F)cc(NC(=O)[C@@H]2[C@@H](c3cccc(C(F)(F)F)c3)[C@H]3O[C@@H]2C[C@@H]3O)n1. The summed E-state index contributed by atoms with van der Waals surface area (Å²) in [6.07, 6.45) is -11.8. The number of aliphatic hydroxyl groups is 1. The van der Waals surface area contributed by atoms with Crippen LogP contribution in [0.4, 0.5) is 32.2 Å². The summed E-state index contributed by atoms with van der Waals surface area (Å²) in [6, 6.07) is 5.91. The van der Waals surface area contributed by atoms with E-state index in [4.69, 9.17) is 4.74 Å². The largest absolute Gasteiger partial charge is 0.416 e. The van der Waals surface area contributed by atoms with Crippen LogP contribution in [0.5, 0.6) is 0 Å². The molecule has 2 bridgehead atoms. The number of fused-ring (bicyclic) bond motifs is 2. The van der Waals surface area contributed by atoms with E-state index >= 15 is 0 Å². The van der Waals surface area contributed by atoms with Gasteiger partial charge in [0.05, 0.1) is 35.4 Å². The molecule has 11 heteroatoms. The van der Waals surface area contributed by atoms with Crippen molar-refractivity contribution in [3.05, 3.63) is 58.8 Å². The van der Waals surface area contributed by atoms with Crippen molar-refractivity contribution in [1.29, 1.82) is 0 Å². The molecule has 1 amide bonds. The second kappa shape index (κ2) is 7.73. The van der Waals surface area contributed by atoms with E-state index in [-0.39, 0.29) is 23.5 Å². The third kappa shape index (κ3) is 4.18. The Labute approximate surface area is 178 Å². The van der Waals surface area contributed by atoms with Gasteiger partial charge in [0.2, 0.25) is 5.91 Å². The number of aromatic nitrogens is 1. The summed E-state index contributed by atoms with van der Waals surface area (Å²) in [4.78, 5) is 16.9. The molecule has 2 aliphatic heterocycles. The number of amides is 1. The summed E-state index contributed by atoms with van der Waals surface area (Å²) >= 11 is 0. The van der Waals surface area contributed by atoms with Crippen LogP contribution in [0.2, 0.25) is 0 Å². The van der Waals surface area contributed by atoms with E-state index in [9.17, 15) is 36.2 Å². The molecule has 1 aromatic carbocycles. The predicted molar refractivity (Wildman–Crippen MR) is 99.6 cm³/mol. The number of ether oxygens (including phenoxy) is 1. The minimum absolute atomic E-state index is 0.0316. The molecule has 0 radical (unpaired) electrons. The molecule has 5 atom stereocenters. The van der Waals surface area contributed by atoms with Gasteiger partial charge in [-0.2, -0.15) is 26.3 Å². The molecule has 2 aromatic rings. The number of aliphatic hydroxyl groups excluding tert-OH is 1. The Balaban J connectivity index is 1.65. The Morgan fingerprint density at radius 2 is 1.78 bits per heavy atom. The zero-order valence-corrected chi connectivity index (χ0v) is 16.5. The van der Waals surface area contributed by atoms with Crippen molar-refractivity contribution < 1.29 is 41.0 Å². The predicted octanol–water partition coefficient (Wildman–Crippen LogP) is 4.30. The van der Waals surface area contributed by atoms with Crippen molar-refractivity contribution >= 4 is 11.7 Å². The van der Waals surface area contributed by atoms with Crippen LogP contribution in [-0.4, -0.2) is 34.3 Å². The first kappa shape index (κ1) is 22.5. The third-order valence-electron chi connectivity index (χ3n) is 5.76. The molecule has 3 heterocycles. The highest BCUT2D eigenvalue weighted by molar-refractivity contribution is 5.93. The maximum absolute atomic E-state index is 13.2. The number of aryl methyl sites for hydroxylation is 1. The number of alkyl halides is 6. The van der Waals surface area contributed by atoms with E-state index < -0.39 is 59.5 Å². The summed E-state index contributed by atoms with van der Waals surface area (Å²) in [6.45, 7) is 1.34. The average Bonchev–Trinajstić information content (AvgIpc) is 3.23. The Morgan fingerprint density at radius 3 is 2.44 bits per heavy atom. The minimum atomic E-state index is -4.65. The van der Waals surface area contributed by atoms with Gasteiger partial charge in [-0.3, -0.25) is 4.79 Å². The van der Waals surface area contributed by atoms with Gasteiger partial charge in [-0.25, -0.2) is 4.98 Å². The Kier molecular flexibility index (Phi) is 5.44. The number of pyridine rings is 1. The molecule has 2 aliphatic rings. The van der Waals surface area contributed by atoms with Crippen molar-refractivity contribution in [3.63, 3.8) is 0 Å². The summed E-state index contributed by atoms with van der Waals surface area (Å²) in [7, 11) is 0. The van der Waals surface area contributed by atoms with E-state index in [1.165, 1.54) is 19.1 Å². The second-order valence-corrected chi connectivity index (χ2v) is 7.99. The van der Waals surface area contributed by atoms with Crippen molar-refractivity contribution in [2.75, 3.05) is 5.32 Å². The highest BCUT2D eigenvalue weighted by Crippen LogP contribution is 2.50. The monoisotopic (exact) mass is 460 g/mol. The highest BCUT2D eigenvalue weighted by Gasteiger charge is 2.57. The molecule has 2 saturated heterocycles. The zero-order chi connectivity index (χ0) is 23.4. The summed E-state index contributed by atoms with van der Waals surface area (Å²) in [5.41, 5.74) is -1.72. The number of carbonyl (C=O) groups excluding carboxylic acids is 1. The number of halogens is 6. The van der Waals surface area contributed by atoms with Crippen molar-refractivity contribution in [2.45, 2.75) is 49.9 Å². The lowest BCUT2D eigenvalue weighted by Gasteiger charge is -2.30. The van der Waals surface area contributed by atoms with E-state index in [1.807, 2.05) is 0 Å². The normalized spacial score (nSPS) is 27.6. The first-order valence-electron chi connectivity index (χ1n) is 9.72. The number of carbonyl (C=O) groups is 1. The topological polar surface area (TPSA) is 71.5 Å². The third-order valence-corrected chi connectivity index (χ3v) is 5.76. The van der Waals surface area contributed by atoms with Crippen molar-refractivity contribution in [1.82, 2.24) is 4.98 Å². The lowest BCUT2D eigenvalue weighted by molar-refractivity contribution is -0.138. The van der Waals surface area contributed by atoms with Gasteiger partial charge in [0.15, 0.2) is 0 Å². The molecular formula is C21H18F6N2O3. The Hall–Kier alpha value is -2.66. The van der Waals surface area contributed by atoms with Crippen LogP contribution in [0.15, 0.2) is 36.4 Å². The molecular weight excluding hydrogens is 442 g/mol. The summed E-state index contributed by atoms with van der Waals surface area (Å²) < 4.78 is 84.4. The van der Waals surface area contributed by atoms with Crippen LogP contribution in [0.1, 0.15) is 34.7 Å². The molecule has 1 aromatic heterocycles. The molecule has 4 rings (SSSR count). The quantitative estimate of drug-likeness (QED) is 0.671. The Bertz CT molecular complexity index is 1040. The van der Waals surface area contributed by atoms with Gasteiger partial charge in [-0.05, 0) is 30.7 Å². The van der Waals surface area contributed by atoms with Crippen LogP contribution >= 0.6 is 0 Å². The van der Waals surface area contributed by atoms with E-state index in [0.717, 1.165) is 18.2 Å². The van der Waals surface area contributed by atoms with Crippen LogP contribution in [0.3, 0.4) is 0 Å². The number of hydrogen-bond donors (Lipinski definition) is 2. The number of nitrogens with zero attached hydrogens (tertiary/aromatic N) is 1. The summed E-state index contributed by atoms with van der Waals surface area (Å²) in [5, 5.41) is 12.6. The van der Waals surface area contributed by atoms with Gasteiger partial charge >= 0.3 is 12.4 Å². The number of anilines is 1. The highest BCUT2D eigenvalue weighted by atomic mass is 19.4. The molecule has 32 heavy (non-hydrogen) atoms. The van der Waals surface area contributed by atoms with Crippen molar-refractivity contribution in [3.8, 4) is 0 Å². The number of rotatable bonds is 3. The van der Waals surface area contributed by atoms with Crippen LogP contribution in [-0.2, 0) is 21.9 Å². The van der Waals surface area contributed by atoms with Gasteiger partial charge in [0.1, 0.15) is 5.82 Å². The van der Waals surface area contributed by atoms with Crippen LogP contribution in [0, 0.1) is 12.8 Å². The van der Waals surface area contributed by atoms with E-state index in [1.54, 1.807) is 0 Å². The zero-order valence-electron chi connectivity index (χ0n) is 16.5. The molecule has 0 aliphatic carbocycles. The van der Waals surface area contributed by atoms with Crippen LogP contribution in [0.25, 0.3) is 0 Å². The first-order chi connectivity index (χ1) is 14.8. The number of hydrogen-bond acceptors (Lipinski definition) is 4. The molecule has 2 fully saturated rings. The van der Waals surface area contributed by atoms with Crippen LogP contribution < -0.4 is 5.32 Å². The second-order valence-electron chi connectivity index (χ2n) is 7.99. The number of nitrogens with one attached hydrogen (secondary N) is 1. The summed E-state index contributed by atoms with van der Waals surface area (Å²) in [5.74, 6) is -2.98. The first-order valence-corrected chi connectivity index (χ1v) is 9.72. The number of benzene rings is 1. The lowest BCUT2D eigenvalue weighted by Crippen LogP contribution is -2.41. The fourth-order valence-electron chi connectivity index (χ4n) is 4.47. The van der Waals surface area contributed by atoms with Gasteiger partial charge in [-0.15, -0.1) is 0 Å². The van der Waals surface area contributed by atoms with Gasteiger partial charge in [0.25, 0.3) is 0 Å². The fraction of sp³-hybridized carbons (Fsp3) is 0.429.